The molecule has 2 fully saturated rings. The zero-order valence-electron chi connectivity index (χ0n) is 10.5. The van der Waals surface area contributed by atoms with Gasteiger partial charge < -0.3 is 10.8 Å². The molecule has 1 saturated carbocycles. The van der Waals surface area contributed by atoms with Crippen LogP contribution in [0.25, 0.3) is 0 Å². The Morgan fingerprint density at radius 3 is 2.25 bits per heavy atom. The van der Waals surface area contributed by atoms with E-state index in [0.29, 0.717) is 0 Å². The molecule has 16 heavy (non-hydrogen) atoms. The number of rotatable bonds is 2. The van der Waals surface area contributed by atoms with Gasteiger partial charge in [-0.3, -0.25) is 4.90 Å². The van der Waals surface area contributed by atoms with Crippen molar-refractivity contribution in [3.8, 4) is 0 Å². The maximum atomic E-state index is 9.57. The Labute approximate surface area is 99.0 Å². The lowest BCUT2D eigenvalue weighted by Gasteiger charge is -2.49. The molecule has 0 aromatic rings. The van der Waals surface area contributed by atoms with Gasteiger partial charge in [0.2, 0.25) is 0 Å². The summed E-state index contributed by atoms with van der Waals surface area (Å²) in [5, 5.41) is 9.57. The molecule has 1 heterocycles. The van der Waals surface area contributed by atoms with Crippen molar-refractivity contribution < 1.29 is 5.11 Å². The van der Waals surface area contributed by atoms with Crippen LogP contribution < -0.4 is 5.73 Å². The Bertz CT molecular complexity index is 216. The number of nitrogens with zero attached hydrogens (tertiary/aromatic N) is 1. The molecular formula is C13H26N2O. The Morgan fingerprint density at radius 1 is 1.19 bits per heavy atom. The van der Waals surface area contributed by atoms with Gasteiger partial charge in [0.1, 0.15) is 0 Å². The standard InChI is InChI=1S/C13H26N2O/c1-11-2-6-13(10-14,7-3-11)15-8-4-12(16)5-9-15/h11-12,16H,2-10,14H2,1H3. The van der Waals surface area contributed by atoms with Crippen molar-refractivity contribution in [1.82, 2.24) is 4.90 Å². The summed E-state index contributed by atoms with van der Waals surface area (Å²) < 4.78 is 0. The molecule has 1 aliphatic carbocycles. The van der Waals surface area contributed by atoms with Gasteiger partial charge in [-0.2, -0.15) is 0 Å². The van der Waals surface area contributed by atoms with Gasteiger partial charge in [0.15, 0.2) is 0 Å². The van der Waals surface area contributed by atoms with Crippen molar-refractivity contribution >= 4 is 0 Å². The quantitative estimate of drug-likeness (QED) is 0.747. The fourth-order valence-electron chi connectivity index (χ4n) is 3.29. The molecule has 0 unspecified atom stereocenters. The number of hydrogen-bond donors (Lipinski definition) is 2. The molecule has 1 aliphatic heterocycles. The van der Waals surface area contributed by atoms with Gasteiger partial charge in [0.25, 0.3) is 0 Å². The fraction of sp³-hybridized carbons (Fsp3) is 1.00. The first kappa shape index (κ1) is 12.3. The highest BCUT2D eigenvalue weighted by atomic mass is 16.3. The number of hydrogen-bond acceptors (Lipinski definition) is 3. The minimum absolute atomic E-state index is 0.0754. The van der Waals surface area contributed by atoms with Crippen LogP contribution in [0.5, 0.6) is 0 Å². The zero-order valence-corrected chi connectivity index (χ0v) is 10.5. The fourth-order valence-corrected chi connectivity index (χ4v) is 3.29. The Morgan fingerprint density at radius 2 is 1.75 bits per heavy atom. The molecule has 0 radical (unpaired) electrons. The van der Waals surface area contributed by atoms with Crippen molar-refractivity contribution in [2.75, 3.05) is 19.6 Å². The highest BCUT2D eigenvalue weighted by molar-refractivity contribution is 4.96. The molecule has 0 amide bonds. The summed E-state index contributed by atoms with van der Waals surface area (Å²) in [6, 6.07) is 0. The largest absolute Gasteiger partial charge is 0.393 e. The van der Waals surface area contributed by atoms with Gasteiger partial charge in [-0.1, -0.05) is 6.92 Å². The van der Waals surface area contributed by atoms with E-state index in [2.05, 4.69) is 11.8 Å². The molecule has 0 aromatic heterocycles. The topological polar surface area (TPSA) is 49.5 Å². The van der Waals surface area contributed by atoms with Gasteiger partial charge in [0.05, 0.1) is 6.10 Å². The van der Waals surface area contributed by atoms with Crippen molar-refractivity contribution in [3.05, 3.63) is 0 Å². The Balaban J connectivity index is 1.98. The van der Waals surface area contributed by atoms with Crippen molar-refractivity contribution in [2.45, 2.75) is 57.1 Å². The normalized spacial score (nSPS) is 38.8. The number of piperidine rings is 1. The van der Waals surface area contributed by atoms with Crippen LogP contribution >= 0.6 is 0 Å². The van der Waals surface area contributed by atoms with Crippen molar-refractivity contribution in [2.24, 2.45) is 11.7 Å². The highest BCUT2D eigenvalue weighted by Crippen LogP contribution is 2.37. The first-order valence-corrected chi connectivity index (χ1v) is 6.79. The minimum atomic E-state index is -0.0754. The first-order valence-electron chi connectivity index (χ1n) is 6.79. The molecule has 0 bridgehead atoms. The second kappa shape index (κ2) is 5.03. The third-order valence-corrected chi connectivity index (χ3v) is 4.72. The van der Waals surface area contributed by atoms with Gasteiger partial charge in [0, 0.05) is 25.2 Å². The van der Waals surface area contributed by atoms with Gasteiger partial charge in [-0.05, 0) is 44.4 Å². The van der Waals surface area contributed by atoms with E-state index >= 15 is 0 Å². The average molecular weight is 226 g/mol. The van der Waals surface area contributed by atoms with E-state index in [4.69, 9.17) is 5.73 Å². The van der Waals surface area contributed by atoms with E-state index in [9.17, 15) is 5.11 Å². The molecular weight excluding hydrogens is 200 g/mol. The average Bonchev–Trinajstić information content (AvgIpc) is 2.32. The Kier molecular flexibility index (Phi) is 3.88. The van der Waals surface area contributed by atoms with Gasteiger partial charge >= 0.3 is 0 Å². The van der Waals surface area contributed by atoms with Crippen molar-refractivity contribution in [1.29, 1.82) is 0 Å². The molecule has 2 aliphatic rings. The van der Waals surface area contributed by atoms with Crippen molar-refractivity contribution in [3.63, 3.8) is 0 Å². The lowest BCUT2D eigenvalue weighted by molar-refractivity contribution is -0.00631. The van der Waals surface area contributed by atoms with Crippen LogP contribution in [0.4, 0.5) is 0 Å². The molecule has 0 atom stereocenters. The SMILES string of the molecule is CC1CCC(CN)(N2CCC(O)CC2)CC1. The van der Waals surface area contributed by atoms with E-state index in [0.717, 1.165) is 38.4 Å². The van der Waals surface area contributed by atoms with Gasteiger partial charge in [-0.15, -0.1) is 0 Å². The number of nitrogens with two attached hydrogens (primary N) is 1. The molecule has 1 saturated heterocycles. The summed E-state index contributed by atoms with van der Waals surface area (Å²) in [7, 11) is 0. The maximum Gasteiger partial charge on any atom is 0.0564 e. The molecule has 94 valence electrons. The van der Waals surface area contributed by atoms with Crippen LogP contribution in [0.15, 0.2) is 0 Å². The second-order valence-electron chi connectivity index (χ2n) is 5.83. The molecule has 3 N–H and O–H groups in total. The Hall–Kier alpha value is -0.120. The third-order valence-electron chi connectivity index (χ3n) is 4.72. The van der Waals surface area contributed by atoms with Crippen LogP contribution in [0, 0.1) is 5.92 Å². The summed E-state index contributed by atoms with van der Waals surface area (Å²) in [6.07, 6.45) is 6.91. The van der Waals surface area contributed by atoms with E-state index in [-0.39, 0.29) is 11.6 Å². The highest BCUT2D eigenvalue weighted by Gasteiger charge is 2.39. The minimum Gasteiger partial charge on any atom is -0.393 e. The van der Waals surface area contributed by atoms with E-state index in [1.807, 2.05) is 0 Å². The zero-order chi connectivity index (χ0) is 11.6. The molecule has 2 rings (SSSR count). The predicted molar refractivity (Wildman–Crippen MR) is 66.2 cm³/mol. The summed E-state index contributed by atoms with van der Waals surface area (Å²) in [4.78, 5) is 2.56. The predicted octanol–water partition coefficient (Wildman–Crippen LogP) is 1.35. The van der Waals surface area contributed by atoms with Crippen LogP contribution in [-0.4, -0.2) is 41.3 Å². The number of aliphatic hydroxyl groups is 1. The smallest absolute Gasteiger partial charge is 0.0564 e. The van der Waals surface area contributed by atoms with Crippen LogP contribution in [0.1, 0.15) is 45.4 Å². The van der Waals surface area contributed by atoms with E-state index in [1.54, 1.807) is 0 Å². The second-order valence-corrected chi connectivity index (χ2v) is 5.83. The monoisotopic (exact) mass is 226 g/mol. The molecule has 0 aromatic carbocycles. The summed E-state index contributed by atoms with van der Waals surface area (Å²) >= 11 is 0. The summed E-state index contributed by atoms with van der Waals surface area (Å²) in [5.74, 6) is 0.870. The van der Waals surface area contributed by atoms with Gasteiger partial charge in [-0.25, -0.2) is 0 Å². The van der Waals surface area contributed by atoms with E-state index in [1.165, 1.54) is 25.7 Å². The maximum absolute atomic E-state index is 9.57. The third kappa shape index (κ3) is 2.41. The molecule has 3 heteroatoms. The number of likely N-dealkylation sites (tertiary alicyclic amines) is 1. The summed E-state index contributed by atoms with van der Waals surface area (Å²) in [6.45, 7) is 5.20. The lowest BCUT2D eigenvalue weighted by atomic mass is 9.75. The number of aliphatic hydroxyl groups excluding tert-OH is 1. The molecule has 0 spiro atoms. The van der Waals surface area contributed by atoms with Crippen LogP contribution in [0.3, 0.4) is 0 Å². The van der Waals surface area contributed by atoms with Crippen LogP contribution in [0.2, 0.25) is 0 Å². The molecule has 3 nitrogen and oxygen atoms in total. The lowest BCUT2D eigenvalue weighted by Crippen LogP contribution is -2.58. The first-order chi connectivity index (χ1) is 7.66. The van der Waals surface area contributed by atoms with Crippen LogP contribution in [-0.2, 0) is 0 Å². The summed E-state index contributed by atoms with van der Waals surface area (Å²) in [5.41, 5.74) is 6.30. The van der Waals surface area contributed by atoms with E-state index < -0.39 is 0 Å².